The topological polar surface area (TPSA) is 45.1 Å². The summed E-state index contributed by atoms with van der Waals surface area (Å²) in [6.07, 6.45) is -3.37. The van der Waals surface area contributed by atoms with Gasteiger partial charge >= 0.3 is 6.18 Å². The van der Waals surface area contributed by atoms with E-state index in [2.05, 4.69) is 10.3 Å². The van der Waals surface area contributed by atoms with Gasteiger partial charge in [0.05, 0.1) is 11.9 Å². The van der Waals surface area contributed by atoms with E-state index in [1.54, 1.807) is 12.1 Å². The fraction of sp³-hybridized carbons (Fsp3) is 0.154. The number of halogens is 4. The molecule has 2 aromatic rings. The van der Waals surface area contributed by atoms with Crippen molar-refractivity contribution in [1.29, 1.82) is 0 Å². The Balaban J connectivity index is 2.06. The second-order valence-corrected chi connectivity index (χ2v) is 4.49. The summed E-state index contributed by atoms with van der Waals surface area (Å²) in [6, 6.07) is 6.73. The number of anilines is 1. The molecule has 0 bridgehead atoms. The van der Waals surface area contributed by atoms with Crippen LogP contribution in [0, 0.1) is 0 Å². The largest absolute Gasteiger partial charge is 0.508 e. The Morgan fingerprint density at radius 1 is 1.20 bits per heavy atom. The third kappa shape index (κ3) is 3.54. The molecule has 1 aromatic carbocycles. The van der Waals surface area contributed by atoms with E-state index in [-0.39, 0.29) is 12.3 Å². The van der Waals surface area contributed by atoms with Crippen LogP contribution in [0.1, 0.15) is 11.3 Å². The molecule has 0 aliphatic carbocycles. The molecule has 2 N–H and O–H groups in total. The SMILES string of the molecule is Oc1ccc(Cl)cc1CNc1ccc(C(F)(F)F)nc1. The molecule has 0 radical (unpaired) electrons. The molecule has 0 aliphatic heterocycles. The first-order chi connectivity index (χ1) is 9.36. The number of pyridine rings is 1. The lowest BCUT2D eigenvalue weighted by Gasteiger charge is -2.10. The molecule has 0 atom stereocenters. The minimum atomic E-state index is -4.45. The van der Waals surface area contributed by atoms with Crippen LogP contribution in [0.4, 0.5) is 18.9 Å². The third-order valence-corrected chi connectivity index (χ3v) is 2.81. The first-order valence-electron chi connectivity index (χ1n) is 5.61. The van der Waals surface area contributed by atoms with Gasteiger partial charge in [0.1, 0.15) is 11.4 Å². The Kier molecular flexibility index (Phi) is 4.04. The maximum absolute atomic E-state index is 12.3. The van der Waals surface area contributed by atoms with Crippen LogP contribution in [0.25, 0.3) is 0 Å². The lowest BCUT2D eigenvalue weighted by atomic mass is 10.2. The van der Waals surface area contributed by atoms with Crippen LogP contribution in [0.2, 0.25) is 5.02 Å². The van der Waals surface area contributed by atoms with Crippen LogP contribution in [-0.4, -0.2) is 10.1 Å². The second kappa shape index (κ2) is 5.58. The molecule has 20 heavy (non-hydrogen) atoms. The number of aromatic nitrogens is 1. The van der Waals surface area contributed by atoms with Crippen molar-refractivity contribution in [2.75, 3.05) is 5.32 Å². The maximum Gasteiger partial charge on any atom is 0.433 e. The highest BCUT2D eigenvalue weighted by atomic mass is 35.5. The zero-order valence-corrected chi connectivity index (χ0v) is 10.8. The second-order valence-electron chi connectivity index (χ2n) is 4.06. The normalized spacial score (nSPS) is 11.4. The summed E-state index contributed by atoms with van der Waals surface area (Å²) < 4.78 is 37.0. The highest BCUT2D eigenvalue weighted by Gasteiger charge is 2.31. The molecule has 0 amide bonds. The first-order valence-corrected chi connectivity index (χ1v) is 5.98. The summed E-state index contributed by atoms with van der Waals surface area (Å²) in [5.41, 5.74) is 0.00317. The Morgan fingerprint density at radius 2 is 1.95 bits per heavy atom. The quantitative estimate of drug-likeness (QED) is 0.898. The van der Waals surface area contributed by atoms with Crippen LogP contribution in [0.3, 0.4) is 0 Å². The summed E-state index contributed by atoms with van der Waals surface area (Å²) in [4.78, 5) is 3.33. The standard InChI is InChI=1S/C13H10ClF3N2O/c14-9-1-3-11(20)8(5-9)6-18-10-2-4-12(19-7-10)13(15,16)17/h1-5,7,18,20H,6H2. The fourth-order valence-electron chi connectivity index (χ4n) is 1.56. The van der Waals surface area contributed by atoms with E-state index >= 15 is 0 Å². The van der Waals surface area contributed by atoms with Gasteiger partial charge in [-0.3, -0.25) is 0 Å². The Hall–Kier alpha value is -1.95. The summed E-state index contributed by atoms with van der Waals surface area (Å²) in [6.45, 7) is 0.222. The van der Waals surface area contributed by atoms with Gasteiger partial charge in [0, 0.05) is 17.1 Å². The number of benzene rings is 1. The van der Waals surface area contributed by atoms with E-state index in [0.29, 0.717) is 16.3 Å². The molecule has 0 saturated heterocycles. The highest BCUT2D eigenvalue weighted by Crippen LogP contribution is 2.28. The van der Waals surface area contributed by atoms with Gasteiger partial charge in [-0.15, -0.1) is 0 Å². The van der Waals surface area contributed by atoms with E-state index in [9.17, 15) is 18.3 Å². The predicted molar refractivity (Wildman–Crippen MR) is 69.7 cm³/mol. The van der Waals surface area contributed by atoms with Gasteiger partial charge < -0.3 is 10.4 Å². The van der Waals surface area contributed by atoms with E-state index in [1.807, 2.05) is 0 Å². The van der Waals surface area contributed by atoms with Crippen molar-refractivity contribution in [3.05, 3.63) is 52.8 Å². The zero-order valence-electron chi connectivity index (χ0n) is 10.1. The van der Waals surface area contributed by atoms with Gasteiger partial charge in [0.25, 0.3) is 0 Å². The molecule has 0 fully saturated rings. The monoisotopic (exact) mass is 302 g/mol. The number of nitrogens with one attached hydrogen (secondary N) is 1. The van der Waals surface area contributed by atoms with Crippen molar-refractivity contribution >= 4 is 17.3 Å². The van der Waals surface area contributed by atoms with Crippen LogP contribution < -0.4 is 5.32 Å². The molecule has 0 saturated carbocycles. The number of hydrogen-bond donors (Lipinski definition) is 2. The van der Waals surface area contributed by atoms with Gasteiger partial charge in [-0.1, -0.05) is 11.6 Å². The van der Waals surface area contributed by atoms with Crippen molar-refractivity contribution in [3.8, 4) is 5.75 Å². The van der Waals surface area contributed by atoms with E-state index in [0.717, 1.165) is 12.3 Å². The smallest absolute Gasteiger partial charge is 0.433 e. The van der Waals surface area contributed by atoms with Gasteiger partial charge in [0.15, 0.2) is 0 Å². The summed E-state index contributed by atoms with van der Waals surface area (Å²) in [5.74, 6) is 0.0572. The number of phenols is 1. The molecule has 1 aromatic heterocycles. The molecule has 2 rings (SSSR count). The summed E-state index contributed by atoms with van der Waals surface area (Å²) in [5, 5.41) is 12.9. The average Bonchev–Trinajstić information content (AvgIpc) is 2.39. The third-order valence-electron chi connectivity index (χ3n) is 2.58. The van der Waals surface area contributed by atoms with E-state index in [4.69, 9.17) is 11.6 Å². The molecule has 3 nitrogen and oxygen atoms in total. The van der Waals surface area contributed by atoms with Gasteiger partial charge in [-0.05, 0) is 30.3 Å². The van der Waals surface area contributed by atoms with Crippen molar-refractivity contribution in [2.45, 2.75) is 12.7 Å². The van der Waals surface area contributed by atoms with Gasteiger partial charge in [0.2, 0.25) is 0 Å². The van der Waals surface area contributed by atoms with Crippen LogP contribution in [0.5, 0.6) is 5.75 Å². The summed E-state index contributed by atoms with van der Waals surface area (Å²) in [7, 11) is 0. The molecule has 106 valence electrons. The molecule has 7 heteroatoms. The number of nitrogens with zero attached hydrogens (tertiary/aromatic N) is 1. The van der Waals surface area contributed by atoms with Crippen molar-refractivity contribution in [1.82, 2.24) is 4.98 Å². The Bertz CT molecular complexity index is 600. The van der Waals surface area contributed by atoms with Gasteiger partial charge in [-0.2, -0.15) is 13.2 Å². The van der Waals surface area contributed by atoms with E-state index < -0.39 is 11.9 Å². The molecular weight excluding hydrogens is 293 g/mol. The van der Waals surface area contributed by atoms with Gasteiger partial charge in [-0.25, -0.2) is 4.98 Å². The zero-order chi connectivity index (χ0) is 14.8. The average molecular weight is 303 g/mol. The first kappa shape index (κ1) is 14.5. The maximum atomic E-state index is 12.3. The molecule has 0 unspecified atom stereocenters. The molecule has 0 spiro atoms. The molecular formula is C13H10ClF3N2O. The minimum Gasteiger partial charge on any atom is -0.508 e. The number of rotatable bonds is 3. The lowest BCUT2D eigenvalue weighted by Crippen LogP contribution is -2.08. The number of aromatic hydroxyl groups is 1. The van der Waals surface area contributed by atoms with Crippen molar-refractivity contribution < 1.29 is 18.3 Å². The van der Waals surface area contributed by atoms with Crippen molar-refractivity contribution in [2.24, 2.45) is 0 Å². The molecule has 0 aliphatic rings. The van der Waals surface area contributed by atoms with Crippen LogP contribution >= 0.6 is 11.6 Å². The van der Waals surface area contributed by atoms with Crippen molar-refractivity contribution in [3.63, 3.8) is 0 Å². The number of phenolic OH excluding ortho intramolecular Hbond substituents is 1. The highest BCUT2D eigenvalue weighted by molar-refractivity contribution is 6.30. The Morgan fingerprint density at radius 3 is 2.55 bits per heavy atom. The minimum absolute atomic E-state index is 0.0572. The number of hydrogen-bond acceptors (Lipinski definition) is 3. The number of alkyl halides is 3. The van der Waals surface area contributed by atoms with E-state index in [1.165, 1.54) is 12.1 Å². The fourth-order valence-corrected chi connectivity index (χ4v) is 1.75. The van der Waals surface area contributed by atoms with Crippen LogP contribution in [-0.2, 0) is 12.7 Å². The summed E-state index contributed by atoms with van der Waals surface area (Å²) >= 11 is 5.79. The molecule has 1 heterocycles. The van der Waals surface area contributed by atoms with Crippen LogP contribution in [0.15, 0.2) is 36.5 Å². The lowest BCUT2D eigenvalue weighted by molar-refractivity contribution is -0.141. The predicted octanol–water partition coefficient (Wildman–Crippen LogP) is 4.07. The Labute approximate surface area is 118 Å².